The smallest absolute Gasteiger partial charge is 0.267 e. The summed E-state index contributed by atoms with van der Waals surface area (Å²) in [6, 6.07) is 9.82. The Kier molecular flexibility index (Phi) is 5.33. The number of oxime groups is 1. The quantitative estimate of drug-likeness (QED) is 0.869. The Bertz CT molecular complexity index is 500. The minimum absolute atomic E-state index is 0.0619. The summed E-state index contributed by atoms with van der Waals surface area (Å²) < 4.78 is 0. The van der Waals surface area contributed by atoms with Gasteiger partial charge in [-0.15, -0.1) is 0 Å². The van der Waals surface area contributed by atoms with E-state index < -0.39 is 6.10 Å². The SMILES string of the molecule is CC(C)N(CCCO)C(=O)C1CC(c2ccccc2)=NO1. The van der Waals surface area contributed by atoms with Crippen LogP contribution in [0.25, 0.3) is 0 Å². The molecular weight excluding hydrogens is 268 g/mol. The highest BCUT2D eigenvalue weighted by atomic mass is 16.6. The van der Waals surface area contributed by atoms with Crippen LogP contribution in [0.3, 0.4) is 0 Å². The first-order valence-electron chi connectivity index (χ1n) is 7.33. The molecule has 1 heterocycles. The highest BCUT2D eigenvalue weighted by Crippen LogP contribution is 2.19. The monoisotopic (exact) mass is 290 g/mol. The Hall–Kier alpha value is -1.88. The third kappa shape index (κ3) is 3.82. The van der Waals surface area contributed by atoms with Crippen LogP contribution in [0, 0.1) is 0 Å². The minimum Gasteiger partial charge on any atom is -0.396 e. The molecular formula is C16H22N2O3. The normalized spacial score (nSPS) is 17.5. The second-order valence-electron chi connectivity index (χ2n) is 5.40. The van der Waals surface area contributed by atoms with E-state index in [1.807, 2.05) is 44.2 Å². The summed E-state index contributed by atoms with van der Waals surface area (Å²) >= 11 is 0. The van der Waals surface area contributed by atoms with Gasteiger partial charge in [-0.1, -0.05) is 35.5 Å². The number of rotatable bonds is 6. The molecule has 5 nitrogen and oxygen atoms in total. The number of benzene rings is 1. The number of amides is 1. The fourth-order valence-electron chi connectivity index (χ4n) is 2.36. The zero-order valence-electron chi connectivity index (χ0n) is 12.5. The van der Waals surface area contributed by atoms with Crippen LogP contribution in [0.2, 0.25) is 0 Å². The zero-order valence-corrected chi connectivity index (χ0v) is 12.5. The minimum atomic E-state index is -0.554. The molecule has 5 heteroatoms. The third-order valence-corrected chi connectivity index (χ3v) is 3.51. The van der Waals surface area contributed by atoms with Crippen LogP contribution < -0.4 is 0 Å². The molecule has 0 saturated heterocycles. The number of nitrogens with zero attached hydrogens (tertiary/aromatic N) is 2. The fraction of sp³-hybridized carbons (Fsp3) is 0.500. The van der Waals surface area contributed by atoms with E-state index >= 15 is 0 Å². The molecule has 0 spiro atoms. The van der Waals surface area contributed by atoms with Gasteiger partial charge in [0.2, 0.25) is 6.10 Å². The van der Waals surface area contributed by atoms with Crippen molar-refractivity contribution in [1.82, 2.24) is 4.90 Å². The van der Waals surface area contributed by atoms with E-state index in [-0.39, 0.29) is 18.6 Å². The van der Waals surface area contributed by atoms with Crippen molar-refractivity contribution < 1.29 is 14.7 Å². The summed E-state index contributed by atoms with van der Waals surface area (Å²) in [5.41, 5.74) is 1.79. The van der Waals surface area contributed by atoms with Crippen LogP contribution in [0.5, 0.6) is 0 Å². The number of carbonyl (C=O) groups excluding carboxylic acids is 1. The summed E-state index contributed by atoms with van der Waals surface area (Å²) in [5, 5.41) is 13.0. The molecule has 0 saturated carbocycles. The van der Waals surface area contributed by atoms with Crippen LogP contribution >= 0.6 is 0 Å². The van der Waals surface area contributed by atoms with Gasteiger partial charge in [0.1, 0.15) is 0 Å². The number of aliphatic hydroxyl groups excluding tert-OH is 1. The van der Waals surface area contributed by atoms with Gasteiger partial charge >= 0.3 is 0 Å². The molecule has 1 N–H and O–H groups in total. The maximum Gasteiger partial charge on any atom is 0.267 e. The molecule has 2 rings (SSSR count). The van der Waals surface area contributed by atoms with Crippen LogP contribution in [0.15, 0.2) is 35.5 Å². The standard InChI is InChI=1S/C16H22N2O3/c1-12(2)18(9-6-10-19)16(20)15-11-14(17-21-15)13-7-4-3-5-8-13/h3-5,7-8,12,15,19H,6,9-11H2,1-2H3. The van der Waals surface area contributed by atoms with Gasteiger partial charge in [-0.25, -0.2) is 0 Å². The zero-order chi connectivity index (χ0) is 15.2. The van der Waals surface area contributed by atoms with E-state index in [0.717, 1.165) is 11.3 Å². The molecule has 0 bridgehead atoms. The van der Waals surface area contributed by atoms with Crippen LogP contribution in [0.4, 0.5) is 0 Å². The van der Waals surface area contributed by atoms with Gasteiger partial charge in [0.25, 0.3) is 5.91 Å². The van der Waals surface area contributed by atoms with Crippen molar-refractivity contribution in [2.75, 3.05) is 13.2 Å². The molecule has 1 amide bonds. The summed E-state index contributed by atoms with van der Waals surface area (Å²) in [6.07, 6.45) is 0.509. The number of carbonyl (C=O) groups is 1. The molecule has 1 atom stereocenters. The molecule has 0 aromatic heterocycles. The van der Waals surface area contributed by atoms with Crippen molar-refractivity contribution in [2.24, 2.45) is 5.16 Å². The number of aliphatic hydroxyl groups is 1. The molecule has 21 heavy (non-hydrogen) atoms. The lowest BCUT2D eigenvalue weighted by Crippen LogP contribution is -2.44. The predicted octanol–water partition coefficient (Wildman–Crippen LogP) is 1.80. The van der Waals surface area contributed by atoms with Crippen molar-refractivity contribution in [2.45, 2.75) is 38.8 Å². The first-order chi connectivity index (χ1) is 10.1. The van der Waals surface area contributed by atoms with Gasteiger partial charge in [0.05, 0.1) is 5.71 Å². The average Bonchev–Trinajstić information content (AvgIpc) is 2.98. The van der Waals surface area contributed by atoms with E-state index in [1.165, 1.54) is 0 Å². The molecule has 1 aromatic rings. The lowest BCUT2D eigenvalue weighted by Gasteiger charge is -2.28. The topological polar surface area (TPSA) is 62.1 Å². The Balaban J connectivity index is 1.99. The molecule has 1 unspecified atom stereocenters. The van der Waals surface area contributed by atoms with Gasteiger partial charge in [-0.05, 0) is 25.8 Å². The highest BCUT2D eigenvalue weighted by Gasteiger charge is 2.33. The maximum atomic E-state index is 12.5. The maximum absolute atomic E-state index is 12.5. The first-order valence-corrected chi connectivity index (χ1v) is 7.33. The second kappa shape index (κ2) is 7.22. The van der Waals surface area contributed by atoms with Crippen molar-refractivity contribution in [3.63, 3.8) is 0 Å². The molecule has 0 aliphatic carbocycles. The van der Waals surface area contributed by atoms with Crippen molar-refractivity contribution in [1.29, 1.82) is 0 Å². The van der Waals surface area contributed by atoms with E-state index in [1.54, 1.807) is 4.90 Å². The Labute approximate surface area is 125 Å². The van der Waals surface area contributed by atoms with Crippen molar-refractivity contribution >= 4 is 11.6 Å². The van der Waals surface area contributed by atoms with Gasteiger partial charge in [-0.3, -0.25) is 4.79 Å². The van der Waals surface area contributed by atoms with Gasteiger partial charge < -0.3 is 14.8 Å². The fourth-order valence-corrected chi connectivity index (χ4v) is 2.36. The molecule has 0 radical (unpaired) electrons. The van der Waals surface area contributed by atoms with Gasteiger partial charge in [-0.2, -0.15) is 0 Å². The largest absolute Gasteiger partial charge is 0.396 e. The van der Waals surface area contributed by atoms with Crippen LogP contribution in [-0.4, -0.2) is 46.9 Å². The summed E-state index contributed by atoms with van der Waals surface area (Å²) in [7, 11) is 0. The Morgan fingerprint density at radius 3 is 2.76 bits per heavy atom. The first kappa shape index (κ1) is 15.5. The van der Waals surface area contributed by atoms with Crippen molar-refractivity contribution in [3.05, 3.63) is 35.9 Å². The average molecular weight is 290 g/mol. The molecule has 1 aliphatic rings. The van der Waals surface area contributed by atoms with Gasteiger partial charge in [0, 0.05) is 25.6 Å². The number of hydrogen-bond acceptors (Lipinski definition) is 4. The molecule has 0 fully saturated rings. The lowest BCUT2D eigenvalue weighted by atomic mass is 10.0. The van der Waals surface area contributed by atoms with E-state index in [0.29, 0.717) is 19.4 Å². The predicted molar refractivity (Wildman–Crippen MR) is 81.0 cm³/mol. The van der Waals surface area contributed by atoms with E-state index in [2.05, 4.69) is 5.16 Å². The van der Waals surface area contributed by atoms with Crippen LogP contribution in [-0.2, 0) is 9.63 Å². The lowest BCUT2D eigenvalue weighted by molar-refractivity contribution is -0.144. The van der Waals surface area contributed by atoms with E-state index in [9.17, 15) is 4.79 Å². The second-order valence-corrected chi connectivity index (χ2v) is 5.40. The summed E-state index contributed by atoms with van der Waals surface area (Å²) in [4.78, 5) is 19.6. The van der Waals surface area contributed by atoms with Gasteiger partial charge in [0.15, 0.2) is 0 Å². The van der Waals surface area contributed by atoms with Crippen molar-refractivity contribution in [3.8, 4) is 0 Å². The third-order valence-electron chi connectivity index (χ3n) is 3.51. The van der Waals surface area contributed by atoms with E-state index in [4.69, 9.17) is 9.94 Å². The van der Waals surface area contributed by atoms with Crippen LogP contribution in [0.1, 0.15) is 32.3 Å². The molecule has 114 valence electrons. The highest BCUT2D eigenvalue weighted by molar-refractivity contribution is 6.04. The molecule has 1 aromatic carbocycles. The molecule has 1 aliphatic heterocycles. The number of hydrogen-bond donors (Lipinski definition) is 1. The Morgan fingerprint density at radius 2 is 2.14 bits per heavy atom. The summed E-state index contributed by atoms with van der Waals surface area (Å²) in [6.45, 7) is 4.54. The summed E-state index contributed by atoms with van der Waals surface area (Å²) in [5.74, 6) is -0.0619. The Morgan fingerprint density at radius 1 is 1.43 bits per heavy atom.